The maximum atomic E-state index is 11.9. The van der Waals surface area contributed by atoms with Gasteiger partial charge in [0.05, 0.1) is 5.56 Å². The Bertz CT molecular complexity index is 286. The number of aromatic nitrogens is 2. The van der Waals surface area contributed by atoms with Gasteiger partial charge in [-0.3, -0.25) is 0 Å². The average molecular weight is 174 g/mol. The van der Waals surface area contributed by atoms with Crippen molar-refractivity contribution in [2.24, 2.45) is 0 Å². The summed E-state index contributed by atoms with van der Waals surface area (Å²) < 4.78 is 23.7. The molecule has 0 radical (unpaired) electrons. The van der Waals surface area contributed by atoms with E-state index in [9.17, 15) is 13.6 Å². The van der Waals surface area contributed by atoms with Gasteiger partial charge in [0.25, 0.3) is 6.43 Å². The molecule has 0 bridgehead atoms. The van der Waals surface area contributed by atoms with Gasteiger partial charge in [-0.25, -0.2) is 23.5 Å². The Labute approximate surface area is 65.9 Å². The van der Waals surface area contributed by atoms with Gasteiger partial charge < -0.3 is 5.11 Å². The number of nitrogens with zero attached hydrogens (tertiary/aromatic N) is 2. The summed E-state index contributed by atoms with van der Waals surface area (Å²) in [5.41, 5.74) is -0.389. The fourth-order valence-corrected chi connectivity index (χ4v) is 0.561. The Morgan fingerprint density at radius 1 is 1.42 bits per heavy atom. The van der Waals surface area contributed by atoms with Gasteiger partial charge in [0.15, 0.2) is 0 Å². The average Bonchev–Trinajstić information content (AvgIpc) is 2.04. The highest BCUT2D eigenvalue weighted by molar-refractivity contribution is 5.82. The van der Waals surface area contributed by atoms with Crippen LogP contribution in [0.2, 0.25) is 0 Å². The molecule has 1 aromatic rings. The highest BCUT2D eigenvalue weighted by Gasteiger charge is 2.10. The number of halogens is 2. The summed E-state index contributed by atoms with van der Waals surface area (Å²) in [6.07, 6.45) is -1.09. The molecule has 0 aliphatic rings. The minimum atomic E-state index is -2.67. The van der Waals surface area contributed by atoms with Gasteiger partial charge in [-0.2, -0.15) is 0 Å². The fraction of sp³-hybridized carbons (Fsp3) is 0.167. The lowest BCUT2D eigenvalue weighted by Gasteiger charge is -1.96. The van der Waals surface area contributed by atoms with Crippen molar-refractivity contribution >= 4 is 5.97 Å². The zero-order valence-electron chi connectivity index (χ0n) is 5.74. The van der Waals surface area contributed by atoms with Crippen LogP contribution < -0.4 is 0 Å². The second-order valence-corrected chi connectivity index (χ2v) is 1.95. The number of aromatic carboxylic acids is 1. The van der Waals surface area contributed by atoms with Crippen LogP contribution in [0.4, 0.5) is 8.78 Å². The number of hydrogen-bond donors (Lipinski definition) is 1. The Morgan fingerprint density at radius 2 is 1.92 bits per heavy atom. The van der Waals surface area contributed by atoms with E-state index in [1.165, 1.54) is 0 Å². The van der Waals surface area contributed by atoms with Gasteiger partial charge in [0.2, 0.25) is 5.82 Å². The molecule has 0 fully saturated rings. The van der Waals surface area contributed by atoms with Crippen molar-refractivity contribution in [2.45, 2.75) is 6.43 Å². The molecule has 0 amide bonds. The van der Waals surface area contributed by atoms with Crippen molar-refractivity contribution in [3.8, 4) is 0 Å². The van der Waals surface area contributed by atoms with Crippen molar-refractivity contribution in [1.82, 2.24) is 9.97 Å². The van der Waals surface area contributed by atoms with Crippen LogP contribution in [0.25, 0.3) is 0 Å². The number of rotatable bonds is 2. The van der Waals surface area contributed by atoms with Crippen molar-refractivity contribution in [3.05, 3.63) is 23.8 Å². The number of carboxylic acids is 1. The summed E-state index contributed by atoms with van der Waals surface area (Å²) >= 11 is 0. The van der Waals surface area contributed by atoms with Crippen LogP contribution in [-0.4, -0.2) is 21.0 Å². The maximum absolute atomic E-state index is 11.9. The van der Waals surface area contributed by atoms with Crippen molar-refractivity contribution in [2.75, 3.05) is 0 Å². The molecule has 12 heavy (non-hydrogen) atoms. The topological polar surface area (TPSA) is 63.1 Å². The Balaban J connectivity index is 2.93. The van der Waals surface area contributed by atoms with E-state index < -0.39 is 18.2 Å². The summed E-state index contributed by atoms with van der Waals surface area (Å²) in [5.74, 6) is -1.82. The number of carbonyl (C=O) groups is 1. The molecule has 4 nitrogen and oxygen atoms in total. The molecule has 0 spiro atoms. The maximum Gasteiger partial charge on any atom is 0.373 e. The molecule has 64 valence electrons. The first kappa shape index (κ1) is 8.51. The molecule has 1 heterocycles. The third kappa shape index (κ3) is 1.71. The summed E-state index contributed by atoms with van der Waals surface area (Å²) in [6, 6.07) is 0. The summed E-state index contributed by atoms with van der Waals surface area (Å²) in [4.78, 5) is 16.6. The minimum absolute atomic E-state index is 0.389. The molecule has 1 rings (SSSR count). The van der Waals surface area contributed by atoms with Crippen molar-refractivity contribution in [1.29, 1.82) is 0 Å². The second-order valence-electron chi connectivity index (χ2n) is 1.95. The van der Waals surface area contributed by atoms with Crippen LogP contribution in [0.5, 0.6) is 0 Å². The van der Waals surface area contributed by atoms with Gasteiger partial charge in [-0.15, -0.1) is 0 Å². The lowest BCUT2D eigenvalue weighted by Crippen LogP contribution is -2.04. The van der Waals surface area contributed by atoms with Crippen LogP contribution in [0.3, 0.4) is 0 Å². The molecular weight excluding hydrogens is 170 g/mol. The first-order chi connectivity index (χ1) is 5.61. The standard InChI is InChI=1S/C6H4F2N2O2/c7-4(8)3-1-9-5(6(11)12)10-2-3/h1-2,4H,(H,11,12). The van der Waals surface area contributed by atoms with E-state index in [1.54, 1.807) is 0 Å². The normalized spacial score (nSPS) is 10.2. The zero-order valence-corrected chi connectivity index (χ0v) is 5.74. The van der Waals surface area contributed by atoms with Gasteiger partial charge in [0, 0.05) is 12.4 Å². The molecule has 0 saturated carbocycles. The van der Waals surface area contributed by atoms with Crippen LogP contribution in [-0.2, 0) is 0 Å². The second kappa shape index (κ2) is 3.21. The SMILES string of the molecule is O=C(O)c1ncc(C(F)F)cn1. The Kier molecular flexibility index (Phi) is 2.27. The lowest BCUT2D eigenvalue weighted by molar-refractivity contribution is 0.0682. The molecule has 0 aliphatic carbocycles. The highest BCUT2D eigenvalue weighted by atomic mass is 19.3. The number of carboxylic acid groups (broad SMARTS) is 1. The molecule has 1 aromatic heterocycles. The monoisotopic (exact) mass is 174 g/mol. The van der Waals surface area contributed by atoms with Crippen LogP contribution in [0.15, 0.2) is 12.4 Å². The van der Waals surface area contributed by atoms with Crippen molar-refractivity contribution < 1.29 is 18.7 Å². The lowest BCUT2D eigenvalue weighted by atomic mass is 10.3. The van der Waals surface area contributed by atoms with Crippen LogP contribution >= 0.6 is 0 Å². The molecule has 0 aliphatic heterocycles. The molecule has 0 atom stereocenters. The zero-order chi connectivity index (χ0) is 9.14. The third-order valence-electron chi connectivity index (χ3n) is 1.12. The highest BCUT2D eigenvalue weighted by Crippen LogP contribution is 2.15. The van der Waals surface area contributed by atoms with E-state index in [4.69, 9.17) is 5.11 Å². The van der Waals surface area contributed by atoms with E-state index in [-0.39, 0.29) is 5.56 Å². The minimum Gasteiger partial charge on any atom is -0.475 e. The largest absolute Gasteiger partial charge is 0.475 e. The summed E-state index contributed by atoms with van der Waals surface area (Å²) in [6.45, 7) is 0. The molecule has 1 N–H and O–H groups in total. The van der Waals surface area contributed by atoms with E-state index >= 15 is 0 Å². The van der Waals surface area contributed by atoms with Crippen LogP contribution in [0, 0.1) is 0 Å². The van der Waals surface area contributed by atoms with E-state index in [2.05, 4.69) is 9.97 Å². The van der Waals surface area contributed by atoms with E-state index in [0.717, 1.165) is 12.4 Å². The smallest absolute Gasteiger partial charge is 0.373 e. The Hall–Kier alpha value is -1.59. The van der Waals surface area contributed by atoms with E-state index in [0.29, 0.717) is 0 Å². The molecule has 0 unspecified atom stereocenters. The van der Waals surface area contributed by atoms with Gasteiger partial charge in [-0.05, 0) is 0 Å². The van der Waals surface area contributed by atoms with Crippen LogP contribution in [0.1, 0.15) is 22.6 Å². The first-order valence-electron chi connectivity index (χ1n) is 2.94. The molecule has 6 heteroatoms. The first-order valence-corrected chi connectivity index (χ1v) is 2.94. The molecule has 0 aromatic carbocycles. The van der Waals surface area contributed by atoms with Gasteiger partial charge in [-0.1, -0.05) is 0 Å². The summed E-state index contributed by atoms with van der Waals surface area (Å²) in [5, 5.41) is 8.30. The Morgan fingerprint density at radius 3 is 2.25 bits per heavy atom. The van der Waals surface area contributed by atoms with Gasteiger partial charge >= 0.3 is 5.97 Å². The van der Waals surface area contributed by atoms with Gasteiger partial charge in [0.1, 0.15) is 0 Å². The third-order valence-corrected chi connectivity index (χ3v) is 1.12. The molecular formula is C6H4F2N2O2. The quantitative estimate of drug-likeness (QED) is 0.729. The van der Waals surface area contributed by atoms with Crippen molar-refractivity contribution in [3.63, 3.8) is 0 Å². The summed E-state index contributed by atoms with van der Waals surface area (Å²) in [7, 11) is 0. The number of hydrogen-bond acceptors (Lipinski definition) is 3. The number of alkyl halides is 2. The predicted molar refractivity (Wildman–Crippen MR) is 33.9 cm³/mol. The fourth-order valence-electron chi connectivity index (χ4n) is 0.561. The predicted octanol–water partition coefficient (Wildman–Crippen LogP) is 1.11. The van der Waals surface area contributed by atoms with E-state index in [1.807, 2.05) is 0 Å². The molecule has 0 saturated heterocycles.